The lowest BCUT2D eigenvalue weighted by atomic mass is 10.2. The Morgan fingerprint density at radius 1 is 1.28 bits per heavy atom. The number of rotatable bonds is 3. The van der Waals surface area contributed by atoms with E-state index in [1.165, 1.54) is 30.6 Å². The Morgan fingerprint density at radius 2 is 1.94 bits per heavy atom. The zero-order valence-electron chi connectivity index (χ0n) is 11.2. The molecule has 0 spiro atoms. The zero-order valence-corrected chi connectivity index (χ0v) is 12.0. The summed E-state index contributed by atoms with van der Waals surface area (Å²) in [5, 5.41) is 3.62. The number of hydrogen-bond acceptors (Lipinski definition) is 4. The van der Waals surface area contributed by atoms with Crippen LogP contribution in [0.1, 0.15) is 36.3 Å². The third-order valence-electron chi connectivity index (χ3n) is 3.34. The van der Waals surface area contributed by atoms with Gasteiger partial charge in [0.1, 0.15) is 0 Å². The summed E-state index contributed by atoms with van der Waals surface area (Å²) in [4.78, 5) is 19.7. The fraction of sp³-hybridized carbons (Fsp3) is 0.692. The Morgan fingerprint density at radius 3 is 2.50 bits per heavy atom. The molecule has 0 aliphatic carbocycles. The van der Waals surface area contributed by atoms with E-state index in [0.29, 0.717) is 6.54 Å². The molecule has 5 heteroatoms. The Balaban J connectivity index is 1.84. The molecule has 18 heavy (non-hydrogen) atoms. The van der Waals surface area contributed by atoms with Crippen molar-refractivity contribution in [3.63, 3.8) is 0 Å². The van der Waals surface area contributed by atoms with Crippen molar-refractivity contribution in [2.45, 2.75) is 39.5 Å². The van der Waals surface area contributed by atoms with Gasteiger partial charge in [0.15, 0.2) is 5.13 Å². The second-order valence-electron chi connectivity index (χ2n) is 4.90. The highest BCUT2D eigenvalue weighted by Crippen LogP contribution is 2.21. The van der Waals surface area contributed by atoms with Crippen LogP contribution < -0.4 is 5.32 Å². The Labute approximate surface area is 112 Å². The average molecular weight is 267 g/mol. The van der Waals surface area contributed by atoms with Gasteiger partial charge >= 0.3 is 0 Å². The predicted molar refractivity (Wildman–Crippen MR) is 75.1 cm³/mol. The van der Waals surface area contributed by atoms with Crippen LogP contribution in [0.15, 0.2) is 0 Å². The standard InChI is InChI=1S/C13H21N3OS/c1-10-11(2)18-13(14-10)15-12(17)9-16-7-5-3-4-6-8-16/h3-9H2,1-2H3,(H,14,15,17). The molecule has 0 saturated carbocycles. The summed E-state index contributed by atoms with van der Waals surface area (Å²) < 4.78 is 0. The molecule has 0 bridgehead atoms. The van der Waals surface area contributed by atoms with E-state index in [1.54, 1.807) is 11.3 Å². The van der Waals surface area contributed by atoms with Gasteiger partial charge in [0.2, 0.25) is 5.91 Å². The summed E-state index contributed by atoms with van der Waals surface area (Å²) in [6.45, 7) is 6.58. The highest BCUT2D eigenvalue weighted by atomic mass is 32.1. The van der Waals surface area contributed by atoms with Crippen LogP contribution in [0.2, 0.25) is 0 Å². The van der Waals surface area contributed by atoms with E-state index in [4.69, 9.17) is 0 Å². The molecule has 0 unspecified atom stereocenters. The molecule has 1 aromatic rings. The molecule has 1 saturated heterocycles. The van der Waals surface area contributed by atoms with Crippen LogP contribution in [-0.4, -0.2) is 35.4 Å². The van der Waals surface area contributed by atoms with E-state index >= 15 is 0 Å². The minimum absolute atomic E-state index is 0.0608. The lowest BCUT2D eigenvalue weighted by Crippen LogP contribution is -2.33. The summed E-state index contributed by atoms with van der Waals surface area (Å²) >= 11 is 1.55. The van der Waals surface area contributed by atoms with Gasteiger partial charge in [0, 0.05) is 4.88 Å². The monoisotopic (exact) mass is 267 g/mol. The molecule has 2 rings (SSSR count). The first-order valence-electron chi connectivity index (χ1n) is 6.61. The molecule has 1 aliphatic rings. The average Bonchev–Trinajstić information content (AvgIpc) is 2.55. The quantitative estimate of drug-likeness (QED) is 0.915. The largest absolute Gasteiger partial charge is 0.301 e. The molecule has 4 nitrogen and oxygen atoms in total. The second-order valence-corrected chi connectivity index (χ2v) is 6.10. The van der Waals surface area contributed by atoms with Gasteiger partial charge in [-0.05, 0) is 39.8 Å². The number of amides is 1. The summed E-state index contributed by atoms with van der Waals surface area (Å²) in [6.07, 6.45) is 5.01. The maximum absolute atomic E-state index is 11.9. The maximum Gasteiger partial charge on any atom is 0.240 e. The third-order valence-corrected chi connectivity index (χ3v) is 4.33. The molecule has 1 fully saturated rings. The molecule has 0 aromatic carbocycles. The van der Waals surface area contributed by atoms with Gasteiger partial charge in [-0.3, -0.25) is 9.69 Å². The SMILES string of the molecule is Cc1nc(NC(=O)CN2CCCCCC2)sc1C. The van der Waals surface area contributed by atoms with Crippen LogP contribution in [0.4, 0.5) is 5.13 Å². The van der Waals surface area contributed by atoms with Crippen molar-refractivity contribution < 1.29 is 4.79 Å². The summed E-state index contributed by atoms with van der Waals surface area (Å²) in [7, 11) is 0. The lowest BCUT2D eigenvalue weighted by molar-refractivity contribution is -0.117. The van der Waals surface area contributed by atoms with Crippen molar-refractivity contribution in [1.29, 1.82) is 0 Å². The van der Waals surface area contributed by atoms with Gasteiger partial charge in [-0.15, -0.1) is 11.3 Å². The van der Waals surface area contributed by atoms with E-state index in [0.717, 1.165) is 23.9 Å². The second kappa shape index (κ2) is 6.29. The number of likely N-dealkylation sites (tertiary alicyclic amines) is 1. The van der Waals surface area contributed by atoms with Crippen molar-refractivity contribution in [2.75, 3.05) is 25.0 Å². The lowest BCUT2D eigenvalue weighted by Gasteiger charge is -2.18. The van der Waals surface area contributed by atoms with E-state index in [1.807, 2.05) is 13.8 Å². The molecule has 2 heterocycles. The fourth-order valence-corrected chi connectivity index (χ4v) is 3.01. The Hall–Kier alpha value is -0.940. The van der Waals surface area contributed by atoms with Crippen LogP contribution >= 0.6 is 11.3 Å². The van der Waals surface area contributed by atoms with Gasteiger partial charge < -0.3 is 5.32 Å². The first kappa shape index (κ1) is 13.5. The van der Waals surface area contributed by atoms with E-state index in [2.05, 4.69) is 15.2 Å². The molecule has 1 aliphatic heterocycles. The number of nitrogens with zero attached hydrogens (tertiary/aromatic N) is 2. The molecule has 0 radical (unpaired) electrons. The smallest absolute Gasteiger partial charge is 0.240 e. The number of thiazole rings is 1. The number of aryl methyl sites for hydroxylation is 2. The van der Waals surface area contributed by atoms with E-state index in [-0.39, 0.29) is 5.91 Å². The third kappa shape index (κ3) is 3.78. The number of nitrogens with one attached hydrogen (secondary N) is 1. The molecule has 1 N–H and O–H groups in total. The normalized spacial score (nSPS) is 17.4. The minimum atomic E-state index is 0.0608. The van der Waals surface area contributed by atoms with Crippen LogP contribution in [0.5, 0.6) is 0 Å². The number of carbonyl (C=O) groups is 1. The van der Waals surface area contributed by atoms with Crippen molar-refractivity contribution in [1.82, 2.24) is 9.88 Å². The van der Waals surface area contributed by atoms with Crippen molar-refractivity contribution in [3.05, 3.63) is 10.6 Å². The number of carbonyl (C=O) groups excluding carboxylic acids is 1. The predicted octanol–water partition coefficient (Wildman–Crippen LogP) is 2.57. The van der Waals surface area contributed by atoms with Gasteiger partial charge in [-0.1, -0.05) is 12.8 Å². The minimum Gasteiger partial charge on any atom is -0.301 e. The Bertz CT molecular complexity index is 389. The molecular weight excluding hydrogens is 246 g/mol. The van der Waals surface area contributed by atoms with E-state index in [9.17, 15) is 4.79 Å². The van der Waals surface area contributed by atoms with Crippen molar-refractivity contribution in [3.8, 4) is 0 Å². The van der Waals surface area contributed by atoms with Crippen molar-refractivity contribution >= 4 is 22.4 Å². The van der Waals surface area contributed by atoms with Crippen LogP contribution in [0.25, 0.3) is 0 Å². The van der Waals surface area contributed by atoms with Gasteiger partial charge in [-0.2, -0.15) is 0 Å². The molecule has 0 atom stereocenters. The maximum atomic E-state index is 11.9. The zero-order chi connectivity index (χ0) is 13.0. The van der Waals surface area contributed by atoms with Crippen molar-refractivity contribution in [2.24, 2.45) is 0 Å². The van der Waals surface area contributed by atoms with Gasteiger partial charge in [-0.25, -0.2) is 4.98 Å². The van der Waals surface area contributed by atoms with Gasteiger partial charge in [0.25, 0.3) is 0 Å². The first-order chi connectivity index (χ1) is 8.65. The Kier molecular flexibility index (Phi) is 4.72. The molecular formula is C13H21N3OS. The van der Waals surface area contributed by atoms with Crippen LogP contribution in [0, 0.1) is 13.8 Å². The number of aromatic nitrogens is 1. The van der Waals surface area contributed by atoms with Crippen LogP contribution in [0.3, 0.4) is 0 Å². The highest BCUT2D eigenvalue weighted by Gasteiger charge is 2.14. The summed E-state index contributed by atoms with van der Waals surface area (Å²) in [5.74, 6) is 0.0608. The number of hydrogen-bond donors (Lipinski definition) is 1. The molecule has 1 aromatic heterocycles. The number of anilines is 1. The first-order valence-corrected chi connectivity index (χ1v) is 7.43. The summed E-state index contributed by atoms with van der Waals surface area (Å²) in [5.41, 5.74) is 1.00. The molecule has 100 valence electrons. The van der Waals surface area contributed by atoms with Crippen LogP contribution in [-0.2, 0) is 4.79 Å². The fourth-order valence-electron chi connectivity index (χ4n) is 2.18. The highest BCUT2D eigenvalue weighted by molar-refractivity contribution is 7.15. The summed E-state index contributed by atoms with van der Waals surface area (Å²) in [6, 6.07) is 0. The topological polar surface area (TPSA) is 45.2 Å². The van der Waals surface area contributed by atoms with E-state index < -0.39 is 0 Å². The molecule has 1 amide bonds. The van der Waals surface area contributed by atoms with Gasteiger partial charge in [0.05, 0.1) is 12.2 Å².